The van der Waals surface area contributed by atoms with E-state index >= 15 is 0 Å². The van der Waals surface area contributed by atoms with Crippen molar-refractivity contribution in [2.24, 2.45) is 5.92 Å². The van der Waals surface area contributed by atoms with Crippen LogP contribution < -0.4 is 9.64 Å². The van der Waals surface area contributed by atoms with Crippen molar-refractivity contribution in [1.82, 2.24) is 4.90 Å². The minimum Gasteiger partial charge on any atom is -0.481 e. The summed E-state index contributed by atoms with van der Waals surface area (Å²) in [4.78, 5) is 29.2. The summed E-state index contributed by atoms with van der Waals surface area (Å²) in [6.07, 6.45) is 0.909. The topological polar surface area (TPSA) is 70.1 Å². The van der Waals surface area contributed by atoms with Crippen LogP contribution >= 0.6 is 0 Å². The molecule has 1 aliphatic heterocycles. The van der Waals surface area contributed by atoms with Gasteiger partial charge in [-0.25, -0.2) is 0 Å². The molecule has 2 aromatic rings. The first-order chi connectivity index (χ1) is 17.2. The third kappa shape index (κ3) is 5.07. The monoisotopic (exact) mass is 502 g/mol. The number of amides is 1. The number of anilines is 1. The average molecular weight is 503 g/mol. The van der Waals surface area contributed by atoms with E-state index in [0.717, 1.165) is 43.4 Å². The lowest BCUT2D eigenvalue weighted by Crippen LogP contribution is -2.52. The van der Waals surface area contributed by atoms with Crippen molar-refractivity contribution in [2.45, 2.75) is 69.4 Å². The number of hydrogen-bond donors (Lipinski definition) is 1. The molecule has 2 aromatic carbocycles. The van der Waals surface area contributed by atoms with Gasteiger partial charge in [0.2, 0.25) is 0 Å². The van der Waals surface area contributed by atoms with Gasteiger partial charge in [0.25, 0.3) is 5.91 Å². The minimum absolute atomic E-state index is 0.0239. The number of benzene rings is 2. The fourth-order valence-corrected chi connectivity index (χ4v) is 6.02. The van der Waals surface area contributed by atoms with E-state index in [-0.39, 0.29) is 36.1 Å². The third-order valence-electron chi connectivity index (χ3n) is 7.52. The highest BCUT2D eigenvalue weighted by molar-refractivity contribution is 6.07. The standard InChI is InChI=1S/C27H29F3N2O4/c28-27(29,30)36-19-14-10-17(11-15-19)26(35)32-22-7-2-1-5-20(22)25(21-6-3-8-23(21)32)31(18-12-13-18)16-4-9-24(33)34/h1-2,5,7,10-11,14-15,18,21,23,25H,3-4,6,8-9,12-13,16H2,(H,33,34)/t21-,23+,25+/m1/s1. The molecule has 9 heteroatoms. The number of hydrogen-bond acceptors (Lipinski definition) is 4. The quantitative estimate of drug-likeness (QED) is 0.495. The lowest BCUT2D eigenvalue weighted by Gasteiger charge is -2.48. The van der Waals surface area contributed by atoms with Crippen LogP contribution in [0.4, 0.5) is 18.9 Å². The van der Waals surface area contributed by atoms with Crippen molar-refractivity contribution in [3.63, 3.8) is 0 Å². The van der Waals surface area contributed by atoms with Gasteiger partial charge in [-0.1, -0.05) is 24.6 Å². The number of para-hydroxylation sites is 1. The van der Waals surface area contributed by atoms with Crippen LogP contribution in [0.5, 0.6) is 5.75 Å². The Kier molecular flexibility index (Phi) is 6.68. The zero-order chi connectivity index (χ0) is 25.4. The number of nitrogens with zero attached hydrogens (tertiary/aromatic N) is 2. The fourth-order valence-electron chi connectivity index (χ4n) is 6.02. The van der Waals surface area contributed by atoms with Crippen LogP contribution in [-0.2, 0) is 4.79 Å². The molecule has 2 fully saturated rings. The van der Waals surface area contributed by atoms with Gasteiger partial charge in [-0.05, 0) is 80.5 Å². The maximum atomic E-state index is 13.8. The highest BCUT2D eigenvalue weighted by Crippen LogP contribution is 2.52. The lowest BCUT2D eigenvalue weighted by atomic mass is 9.81. The molecule has 5 rings (SSSR count). The molecule has 3 atom stereocenters. The Hall–Kier alpha value is -3.07. The predicted octanol–water partition coefficient (Wildman–Crippen LogP) is 5.78. The summed E-state index contributed by atoms with van der Waals surface area (Å²) in [7, 11) is 0. The lowest BCUT2D eigenvalue weighted by molar-refractivity contribution is -0.274. The van der Waals surface area contributed by atoms with Gasteiger partial charge in [0.15, 0.2) is 0 Å². The van der Waals surface area contributed by atoms with Crippen molar-refractivity contribution in [2.75, 3.05) is 11.4 Å². The molecule has 0 aromatic heterocycles. The van der Waals surface area contributed by atoms with Crippen molar-refractivity contribution in [3.05, 3.63) is 59.7 Å². The number of fused-ring (bicyclic) bond motifs is 2. The molecular formula is C27H29F3N2O4. The fraction of sp³-hybridized carbons (Fsp3) is 0.481. The van der Waals surface area contributed by atoms with Crippen molar-refractivity contribution < 1.29 is 32.6 Å². The van der Waals surface area contributed by atoms with Gasteiger partial charge < -0.3 is 14.7 Å². The number of carbonyl (C=O) groups is 2. The zero-order valence-corrected chi connectivity index (χ0v) is 19.8. The molecule has 0 saturated heterocycles. The second-order valence-corrected chi connectivity index (χ2v) is 9.88. The summed E-state index contributed by atoms with van der Waals surface area (Å²) in [6, 6.07) is 13.5. The molecule has 6 nitrogen and oxygen atoms in total. The number of carbonyl (C=O) groups excluding carboxylic acids is 1. The van der Waals surface area contributed by atoms with Crippen LogP contribution in [0.2, 0.25) is 0 Å². The molecule has 1 N–H and O–H groups in total. The second-order valence-electron chi connectivity index (χ2n) is 9.88. The zero-order valence-electron chi connectivity index (χ0n) is 19.8. The Morgan fingerprint density at radius 3 is 2.42 bits per heavy atom. The summed E-state index contributed by atoms with van der Waals surface area (Å²) in [5.41, 5.74) is 2.20. The van der Waals surface area contributed by atoms with Crippen LogP contribution in [0.25, 0.3) is 0 Å². The highest BCUT2D eigenvalue weighted by atomic mass is 19.4. The van der Waals surface area contributed by atoms with Crippen LogP contribution in [0.3, 0.4) is 0 Å². The van der Waals surface area contributed by atoms with Crippen molar-refractivity contribution in [1.29, 1.82) is 0 Å². The normalized spacial score (nSPS) is 23.3. The van der Waals surface area contributed by atoms with E-state index in [1.807, 2.05) is 23.1 Å². The van der Waals surface area contributed by atoms with Gasteiger partial charge in [0, 0.05) is 35.8 Å². The van der Waals surface area contributed by atoms with Crippen LogP contribution in [0.15, 0.2) is 48.5 Å². The number of rotatable bonds is 8. The molecule has 192 valence electrons. The average Bonchev–Trinajstić information content (AvgIpc) is 3.56. The Morgan fingerprint density at radius 1 is 1.03 bits per heavy atom. The maximum absolute atomic E-state index is 13.8. The SMILES string of the molecule is O=C(O)CCCN(C1CC1)[C@H]1c2ccccc2N(C(=O)c2ccc(OC(F)(F)F)cc2)[C@H]2CCC[C@H]21. The Balaban J connectivity index is 1.46. The number of carboxylic acids is 1. The Bertz CT molecular complexity index is 1120. The number of aliphatic carboxylic acids is 1. The Labute approximate surface area is 207 Å². The summed E-state index contributed by atoms with van der Waals surface area (Å²) in [5.74, 6) is -1.18. The van der Waals surface area contributed by atoms with Gasteiger partial charge in [0.05, 0.1) is 0 Å². The summed E-state index contributed by atoms with van der Waals surface area (Å²) in [6.45, 7) is 0.702. The molecule has 3 aliphatic rings. The van der Waals surface area contributed by atoms with Crippen LogP contribution in [0.1, 0.15) is 66.9 Å². The molecule has 1 heterocycles. The van der Waals surface area contributed by atoms with E-state index < -0.39 is 12.3 Å². The number of alkyl halides is 3. The molecule has 0 radical (unpaired) electrons. The van der Waals surface area contributed by atoms with E-state index in [9.17, 15) is 22.8 Å². The van der Waals surface area contributed by atoms with E-state index in [2.05, 4.69) is 15.7 Å². The number of carboxylic acid groups (broad SMARTS) is 1. The number of halogens is 3. The smallest absolute Gasteiger partial charge is 0.481 e. The number of ether oxygens (including phenoxy) is 1. The van der Waals surface area contributed by atoms with Crippen LogP contribution in [-0.4, -0.2) is 46.9 Å². The van der Waals surface area contributed by atoms with E-state index in [1.165, 1.54) is 24.3 Å². The van der Waals surface area contributed by atoms with Gasteiger partial charge >= 0.3 is 12.3 Å². The minimum atomic E-state index is -4.79. The first kappa shape index (κ1) is 24.6. The molecule has 36 heavy (non-hydrogen) atoms. The van der Waals surface area contributed by atoms with Crippen molar-refractivity contribution >= 4 is 17.6 Å². The summed E-state index contributed by atoms with van der Waals surface area (Å²) >= 11 is 0. The first-order valence-electron chi connectivity index (χ1n) is 12.5. The second kappa shape index (κ2) is 9.76. The van der Waals surface area contributed by atoms with Gasteiger partial charge in [0.1, 0.15) is 5.75 Å². The molecule has 2 saturated carbocycles. The molecule has 0 spiro atoms. The molecule has 2 aliphatic carbocycles. The predicted molar refractivity (Wildman–Crippen MR) is 127 cm³/mol. The molecule has 0 unspecified atom stereocenters. The maximum Gasteiger partial charge on any atom is 0.573 e. The van der Waals surface area contributed by atoms with Crippen LogP contribution in [0, 0.1) is 5.92 Å². The van der Waals surface area contributed by atoms with Gasteiger partial charge in [-0.2, -0.15) is 0 Å². The summed E-state index contributed by atoms with van der Waals surface area (Å²) < 4.78 is 41.6. The first-order valence-corrected chi connectivity index (χ1v) is 12.5. The molecular weight excluding hydrogens is 473 g/mol. The van der Waals surface area contributed by atoms with Gasteiger partial charge in [-0.15, -0.1) is 13.2 Å². The van der Waals surface area contributed by atoms with E-state index in [0.29, 0.717) is 24.6 Å². The Morgan fingerprint density at radius 2 is 1.75 bits per heavy atom. The molecule has 0 bridgehead atoms. The van der Waals surface area contributed by atoms with Gasteiger partial charge in [-0.3, -0.25) is 14.5 Å². The van der Waals surface area contributed by atoms with E-state index in [1.54, 1.807) is 0 Å². The largest absolute Gasteiger partial charge is 0.573 e. The van der Waals surface area contributed by atoms with Crippen molar-refractivity contribution in [3.8, 4) is 5.75 Å². The summed E-state index contributed by atoms with van der Waals surface area (Å²) in [5, 5.41) is 9.15. The molecule has 1 amide bonds. The third-order valence-corrected chi connectivity index (χ3v) is 7.52. The van der Waals surface area contributed by atoms with E-state index in [4.69, 9.17) is 5.11 Å². The highest BCUT2D eigenvalue weighted by Gasteiger charge is 2.50.